The van der Waals surface area contributed by atoms with Crippen LogP contribution >= 0.6 is 22.9 Å². The van der Waals surface area contributed by atoms with E-state index in [0.717, 1.165) is 17.7 Å². The van der Waals surface area contributed by atoms with E-state index in [1.165, 1.54) is 11.3 Å². The van der Waals surface area contributed by atoms with Crippen molar-refractivity contribution in [2.45, 2.75) is 39.0 Å². The van der Waals surface area contributed by atoms with Crippen LogP contribution in [0.25, 0.3) is 0 Å². The van der Waals surface area contributed by atoms with Gasteiger partial charge in [-0.05, 0) is 49.2 Å². The van der Waals surface area contributed by atoms with Gasteiger partial charge in [0.15, 0.2) is 0 Å². The molecule has 8 nitrogen and oxygen atoms in total. The van der Waals surface area contributed by atoms with Crippen LogP contribution in [0.3, 0.4) is 0 Å². The molecule has 34 heavy (non-hydrogen) atoms. The standard InChI is InChI=1S/C24H24ClN5O3S/c1-3-5-20(31)26-17-7-4-6-15(10-17)22(33)27-24-29-28-23(34-24)16-11-21(32)30(13-16)18-9-8-14(2)19(25)12-18/h4,6-10,12,16H,3,5,11,13H2,1-2H3,(H,26,31)(H,27,29,33). The second-order valence-electron chi connectivity index (χ2n) is 8.12. The maximum Gasteiger partial charge on any atom is 0.257 e. The van der Waals surface area contributed by atoms with E-state index < -0.39 is 0 Å². The zero-order chi connectivity index (χ0) is 24.2. The maximum absolute atomic E-state index is 12.7. The normalized spacial score (nSPS) is 15.4. The van der Waals surface area contributed by atoms with E-state index in [2.05, 4.69) is 20.8 Å². The quantitative estimate of drug-likeness (QED) is 0.477. The Hall–Kier alpha value is -3.30. The lowest BCUT2D eigenvalue weighted by Gasteiger charge is -2.17. The van der Waals surface area contributed by atoms with Crippen molar-refractivity contribution in [2.75, 3.05) is 22.1 Å². The third-order valence-corrected chi connectivity index (χ3v) is 6.90. The molecule has 2 heterocycles. The number of aryl methyl sites for hydroxylation is 1. The molecule has 1 fully saturated rings. The summed E-state index contributed by atoms with van der Waals surface area (Å²) in [6.07, 6.45) is 1.48. The molecule has 0 aliphatic carbocycles. The van der Waals surface area contributed by atoms with E-state index in [9.17, 15) is 14.4 Å². The molecule has 1 atom stereocenters. The molecular formula is C24H24ClN5O3S. The SMILES string of the molecule is CCCC(=O)Nc1cccc(C(=O)Nc2nnc(C3CC(=O)N(c4ccc(C)c(Cl)c4)C3)s2)c1. The fraction of sp³-hybridized carbons (Fsp3) is 0.292. The Kier molecular flexibility index (Phi) is 7.23. The predicted octanol–water partition coefficient (Wildman–Crippen LogP) is 5.01. The second-order valence-corrected chi connectivity index (χ2v) is 9.53. The molecule has 0 bridgehead atoms. The smallest absolute Gasteiger partial charge is 0.257 e. The lowest BCUT2D eigenvalue weighted by molar-refractivity contribution is -0.117. The second kappa shape index (κ2) is 10.3. The van der Waals surface area contributed by atoms with Crippen molar-refractivity contribution < 1.29 is 14.4 Å². The zero-order valence-corrected chi connectivity index (χ0v) is 20.4. The van der Waals surface area contributed by atoms with E-state index >= 15 is 0 Å². The van der Waals surface area contributed by atoms with Gasteiger partial charge in [-0.2, -0.15) is 0 Å². The largest absolute Gasteiger partial charge is 0.326 e. The van der Waals surface area contributed by atoms with Gasteiger partial charge in [0.25, 0.3) is 5.91 Å². The van der Waals surface area contributed by atoms with Crippen molar-refractivity contribution >= 4 is 57.2 Å². The van der Waals surface area contributed by atoms with Gasteiger partial charge in [0.1, 0.15) is 5.01 Å². The minimum absolute atomic E-state index is 0.00681. The monoisotopic (exact) mass is 497 g/mol. The van der Waals surface area contributed by atoms with Crippen LogP contribution in [0.5, 0.6) is 0 Å². The van der Waals surface area contributed by atoms with E-state index in [1.54, 1.807) is 35.2 Å². The predicted molar refractivity (Wildman–Crippen MR) is 134 cm³/mol. The number of benzene rings is 2. The summed E-state index contributed by atoms with van der Waals surface area (Å²) in [5.74, 6) is -0.574. The van der Waals surface area contributed by atoms with Gasteiger partial charge in [0.2, 0.25) is 16.9 Å². The molecule has 4 rings (SSSR count). The molecule has 2 aromatic carbocycles. The number of rotatable bonds is 7. The molecule has 3 amide bonds. The molecule has 176 valence electrons. The molecule has 0 saturated carbocycles. The average molecular weight is 498 g/mol. The van der Waals surface area contributed by atoms with Crippen LogP contribution < -0.4 is 15.5 Å². The van der Waals surface area contributed by atoms with Crippen LogP contribution in [0.2, 0.25) is 5.02 Å². The molecule has 1 saturated heterocycles. The first-order valence-corrected chi connectivity index (χ1v) is 12.1. The van der Waals surface area contributed by atoms with Gasteiger partial charge in [0.05, 0.1) is 0 Å². The lowest BCUT2D eigenvalue weighted by atomic mass is 10.1. The molecule has 1 aliphatic rings. The highest BCUT2D eigenvalue weighted by Gasteiger charge is 2.34. The molecule has 0 spiro atoms. The Labute approximate surface area is 206 Å². The van der Waals surface area contributed by atoms with E-state index in [4.69, 9.17) is 11.6 Å². The number of halogens is 1. The van der Waals surface area contributed by atoms with E-state index in [1.807, 2.05) is 26.0 Å². The lowest BCUT2D eigenvalue weighted by Crippen LogP contribution is -2.24. The summed E-state index contributed by atoms with van der Waals surface area (Å²) in [6.45, 7) is 4.31. The number of hydrogen-bond donors (Lipinski definition) is 2. The van der Waals surface area contributed by atoms with Gasteiger partial charge in [-0.1, -0.05) is 42.0 Å². The summed E-state index contributed by atoms with van der Waals surface area (Å²) in [4.78, 5) is 38.8. The van der Waals surface area contributed by atoms with Crippen LogP contribution in [-0.4, -0.2) is 34.5 Å². The average Bonchev–Trinajstić information content (AvgIpc) is 3.42. The highest BCUT2D eigenvalue weighted by atomic mass is 35.5. The van der Waals surface area contributed by atoms with Gasteiger partial charge in [-0.3, -0.25) is 19.7 Å². The van der Waals surface area contributed by atoms with Crippen molar-refractivity contribution in [3.63, 3.8) is 0 Å². The summed E-state index contributed by atoms with van der Waals surface area (Å²) >= 11 is 7.48. The molecule has 2 N–H and O–H groups in total. The first kappa shape index (κ1) is 23.8. The van der Waals surface area contributed by atoms with E-state index in [-0.39, 0.29) is 23.6 Å². The van der Waals surface area contributed by atoms with Crippen molar-refractivity contribution in [3.8, 4) is 0 Å². The Bertz CT molecular complexity index is 1240. The van der Waals surface area contributed by atoms with Crippen molar-refractivity contribution in [3.05, 3.63) is 63.6 Å². The minimum atomic E-state index is -0.354. The Balaban J connectivity index is 1.41. The third kappa shape index (κ3) is 5.43. The highest BCUT2D eigenvalue weighted by molar-refractivity contribution is 7.15. The number of amides is 3. The first-order chi connectivity index (χ1) is 16.3. The summed E-state index contributed by atoms with van der Waals surface area (Å²) in [7, 11) is 0. The molecule has 3 aromatic rings. The van der Waals surface area contributed by atoms with Gasteiger partial charge in [-0.25, -0.2) is 0 Å². The summed E-state index contributed by atoms with van der Waals surface area (Å²) in [6, 6.07) is 12.3. The number of nitrogens with zero attached hydrogens (tertiary/aromatic N) is 3. The molecule has 1 aromatic heterocycles. The number of aromatic nitrogens is 2. The third-order valence-electron chi connectivity index (χ3n) is 5.49. The first-order valence-electron chi connectivity index (χ1n) is 10.9. The Morgan fingerprint density at radius 3 is 2.76 bits per heavy atom. The van der Waals surface area contributed by atoms with Crippen LogP contribution in [0.1, 0.15) is 53.0 Å². The summed E-state index contributed by atoms with van der Waals surface area (Å²) in [5.41, 5.74) is 2.66. The van der Waals surface area contributed by atoms with Gasteiger partial charge in [0, 0.05) is 47.3 Å². The number of nitrogens with one attached hydrogen (secondary N) is 2. The molecule has 1 aliphatic heterocycles. The number of anilines is 3. The van der Waals surface area contributed by atoms with Crippen LogP contribution in [0, 0.1) is 6.92 Å². The Morgan fingerprint density at radius 1 is 1.18 bits per heavy atom. The fourth-order valence-corrected chi connectivity index (χ4v) is 4.68. The van der Waals surface area contributed by atoms with Crippen LogP contribution in [0.4, 0.5) is 16.5 Å². The van der Waals surface area contributed by atoms with Gasteiger partial charge < -0.3 is 10.2 Å². The topological polar surface area (TPSA) is 104 Å². The van der Waals surface area contributed by atoms with E-state index in [0.29, 0.717) is 45.8 Å². The molecule has 0 radical (unpaired) electrons. The highest BCUT2D eigenvalue weighted by Crippen LogP contribution is 2.35. The van der Waals surface area contributed by atoms with Gasteiger partial charge in [-0.15, -0.1) is 10.2 Å². The Morgan fingerprint density at radius 2 is 2.00 bits per heavy atom. The zero-order valence-electron chi connectivity index (χ0n) is 18.8. The number of hydrogen-bond acceptors (Lipinski definition) is 6. The van der Waals surface area contributed by atoms with Crippen LogP contribution in [0.15, 0.2) is 42.5 Å². The molecule has 10 heteroatoms. The van der Waals surface area contributed by atoms with Crippen molar-refractivity contribution in [1.82, 2.24) is 10.2 Å². The maximum atomic E-state index is 12.7. The van der Waals surface area contributed by atoms with Crippen molar-refractivity contribution in [1.29, 1.82) is 0 Å². The molecule has 1 unspecified atom stereocenters. The van der Waals surface area contributed by atoms with Crippen molar-refractivity contribution in [2.24, 2.45) is 0 Å². The summed E-state index contributed by atoms with van der Waals surface area (Å²) < 4.78 is 0. The fourth-order valence-electron chi connectivity index (χ4n) is 3.68. The van der Waals surface area contributed by atoms with Gasteiger partial charge >= 0.3 is 0 Å². The van der Waals surface area contributed by atoms with Crippen LogP contribution in [-0.2, 0) is 9.59 Å². The number of carbonyl (C=O) groups is 3. The number of carbonyl (C=O) groups excluding carboxylic acids is 3. The summed E-state index contributed by atoms with van der Waals surface area (Å²) in [5, 5.41) is 15.5. The minimum Gasteiger partial charge on any atom is -0.326 e. The molecular weight excluding hydrogens is 474 g/mol.